The molecule has 1 fully saturated rings. The second kappa shape index (κ2) is 8.21. The monoisotopic (exact) mass is 382 g/mol. The number of rotatable bonds is 5. The minimum atomic E-state index is -0.935. The number of amides is 1. The molecule has 0 unspecified atom stereocenters. The second-order valence-electron chi connectivity index (χ2n) is 7.18. The molecule has 3 rings (SSSR count). The van der Waals surface area contributed by atoms with Crippen LogP contribution in [0.4, 0.5) is 5.69 Å². The second-order valence-corrected chi connectivity index (χ2v) is 7.18. The third kappa shape index (κ3) is 4.19. The Morgan fingerprint density at radius 2 is 1.82 bits per heavy atom. The van der Waals surface area contributed by atoms with Gasteiger partial charge in [-0.3, -0.25) is 14.9 Å². The summed E-state index contributed by atoms with van der Waals surface area (Å²) in [6.45, 7) is 2.81. The van der Waals surface area contributed by atoms with Gasteiger partial charge in [0.15, 0.2) is 0 Å². The quantitative estimate of drug-likeness (QED) is 0.628. The van der Waals surface area contributed by atoms with Crippen molar-refractivity contribution in [3.8, 4) is 0 Å². The largest absolute Gasteiger partial charge is 0.478 e. The number of aryl methyl sites for hydroxylation is 1. The molecule has 1 aliphatic rings. The lowest BCUT2D eigenvalue weighted by Gasteiger charge is -2.32. The number of carboxylic acids is 1. The zero-order valence-corrected chi connectivity index (χ0v) is 15.6. The van der Waals surface area contributed by atoms with E-state index in [0.29, 0.717) is 25.1 Å². The Hall–Kier alpha value is -3.22. The summed E-state index contributed by atoms with van der Waals surface area (Å²) in [5.74, 6) is -0.980. The molecule has 7 heteroatoms. The predicted octanol–water partition coefficient (Wildman–Crippen LogP) is 3.70. The number of nitro benzene ring substituents is 1. The molecule has 0 aromatic heterocycles. The highest BCUT2D eigenvalue weighted by atomic mass is 16.6. The standard InChI is InChI=1S/C21H22N2O5/c1-14-6-7-19(23(27)28)18(12-14)20(24)22-10-8-15(9-11-22)13-16-4-2-3-5-17(16)21(25)26/h2-7,12,15H,8-11,13H2,1H3,(H,25,26). The van der Waals surface area contributed by atoms with Crippen LogP contribution in [0.1, 0.15) is 44.7 Å². The molecular weight excluding hydrogens is 360 g/mol. The Balaban J connectivity index is 1.68. The lowest BCUT2D eigenvalue weighted by atomic mass is 9.88. The van der Waals surface area contributed by atoms with Gasteiger partial charge in [0, 0.05) is 19.2 Å². The van der Waals surface area contributed by atoms with Crippen LogP contribution in [0.5, 0.6) is 0 Å². The molecule has 0 spiro atoms. The molecule has 28 heavy (non-hydrogen) atoms. The first-order valence-electron chi connectivity index (χ1n) is 9.22. The number of piperidine rings is 1. The van der Waals surface area contributed by atoms with Gasteiger partial charge in [-0.25, -0.2) is 4.79 Å². The van der Waals surface area contributed by atoms with E-state index in [2.05, 4.69) is 0 Å². The fourth-order valence-electron chi connectivity index (χ4n) is 3.71. The molecule has 1 aliphatic heterocycles. The van der Waals surface area contributed by atoms with Gasteiger partial charge in [-0.15, -0.1) is 0 Å². The SMILES string of the molecule is Cc1ccc([N+](=O)[O-])c(C(=O)N2CCC(Cc3ccccc3C(=O)O)CC2)c1. The van der Waals surface area contributed by atoms with Crippen LogP contribution in [0.2, 0.25) is 0 Å². The average molecular weight is 382 g/mol. The number of nitrogens with zero attached hydrogens (tertiary/aromatic N) is 2. The molecule has 2 aromatic rings. The molecule has 0 aliphatic carbocycles. The summed E-state index contributed by atoms with van der Waals surface area (Å²) in [6, 6.07) is 11.5. The van der Waals surface area contributed by atoms with Gasteiger partial charge < -0.3 is 10.0 Å². The molecule has 0 bridgehead atoms. The van der Waals surface area contributed by atoms with Gasteiger partial charge in [0.1, 0.15) is 5.56 Å². The highest BCUT2D eigenvalue weighted by Gasteiger charge is 2.28. The van der Waals surface area contributed by atoms with Crippen molar-refractivity contribution in [3.05, 3.63) is 74.8 Å². The van der Waals surface area contributed by atoms with Crippen molar-refractivity contribution < 1.29 is 19.6 Å². The Morgan fingerprint density at radius 3 is 2.46 bits per heavy atom. The maximum atomic E-state index is 12.8. The summed E-state index contributed by atoms with van der Waals surface area (Å²) in [4.78, 5) is 36.6. The first-order chi connectivity index (χ1) is 13.4. The predicted molar refractivity (Wildman–Crippen MR) is 104 cm³/mol. The normalized spacial score (nSPS) is 14.7. The lowest BCUT2D eigenvalue weighted by molar-refractivity contribution is -0.385. The number of benzene rings is 2. The number of aromatic carboxylic acids is 1. The van der Waals surface area contributed by atoms with Crippen LogP contribution in [0.15, 0.2) is 42.5 Å². The fourth-order valence-corrected chi connectivity index (χ4v) is 3.71. The molecule has 0 atom stereocenters. The summed E-state index contributed by atoms with van der Waals surface area (Å²) >= 11 is 0. The van der Waals surface area contributed by atoms with Crippen molar-refractivity contribution >= 4 is 17.6 Å². The van der Waals surface area contributed by atoms with Crippen LogP contribution < -0.4 is 0 Å². The van der Waals surface area contributed by atoms with Gasteiger partial charge >= 0.3 is 5.97 Å². The third-order valence-electron chi connectivity index (χ3n) is 5.24. The van der Waals surface area contributed by atoms with Crippen molar-refractivity contribution in [1.82, 2.24) is 4.90 Å². The van der Waals surface area contributed by atoms with E-state index in [-0.39, 0.29) is 23.1 Å². The van der Waals surface area contributed by atoms with E-state index >= 15 is 0 Å². The molecule has 7 nitrogen and oxygen atoms in total. The zero-order chi connectivity index (χ0) is 20.3. The van der Waals surface area contributed by atoms with Crippen molar-refractivity contribution in [2.45, 2.75) is 26.2 Å². The lowest BCUT2D eigenvalue weighted by Crippen LogP contribution is -2.39. The number of carbonyl (C=O) groups is 2. The summed E-state index contributed by atoms with van der Waals surface area (Å²) < 4.78 is 0. The number of hydrogen-bond donors (Lipinski definition) is 1. The van der Waals surface area contributed by atoms with E-state index in [1.54, 1.807) is 36.1 Å². The maximum absolute atomic E-state index is 12.8. The van der Waals surface area contributed by atoms with Gasteiger partial charge in [0.05, 0.1) is 10.5 Å². The van der Waals surface area contributed by atoms with E-state index in [4.69, 9.17) is 0 Å². The number of carbonyl (C=O) groups excluding carboxylic acids is 1. The third-order valence-corrected chi connectivity index (χ3v) is 5.24. The molecule has 2 aromatic carbocycles. The van der Waals surface area contributed by atoms with Crippen molar-refractivity contribution in [3.63, 3.8) is 0 Å². The van der Waals surface area contributed by atoms with Crippen molar-refractivity contribution in [2.75, 3.05) is 13.1 Å². The maximum Gasteiger partial charge on any atom is 0.335 e. The fraction of sp³-hybridized carbons (Fsp3) is 0.333. The molecule has 1 heterocycles. The highest BCUT2D eigenvalue weighted by molar-refractivity contribution is 5.98. The highest BCUT2D eigenvalue weighted by Crippen LogP contribution is 2.27. The number of nitro groups is 1. The van der Waals surface area contributed by atoms with Crippen LogP contribution >= 0.6 is 0 Å². The van der Waals surface area contributed by atoms with E-state index in [0.717, 1.165) is 24.0 Å². The first kappa shape index (κ1) is 19.5. The molecular formula is C21H22N2O5. The average Bonchev–Trinajstić information content (AvgIpc) is 2.68. The first-order valence-corrected chi connectivity index (χ1v) is 9.22. The van der Waals surface area contributed by atoms with E-state index in [1.807, 2.05) is 12.1 Å². The molecule has 146 valence electrons. The Labute approximate surface area is 162 Å². The van der Waals surface area contributed by atoms with Crippen LogP contribution in [-0.4, -0.2) is 39.9 Å². The molecule has 0 radical (unpaired) electrons. The minimum Gasteiger partial charge on any atom is -0.478 e. The summed E-state index contributed by atoms with van der Waals surface area (Å²) in [7, 11) is 0. The molecule has 1 N–H and O–H groups in total. The number of carboxylic acid groups (broad SMARTS) is 1. The van der Waals surface area contributed by atoms with Crippen molar-refractivity contribution in [1.29, 1.82) is 0 Å². The van der Waals surface area contributed by atoms with E-state index in [1.165, 1.54) is 6.07 Å². The molecule has 1 saturated heterocycles. The van der Waals surface area contributed by atoms with E-state index in [9.17, 15) is 24.8 Å². The van der Waals surface area contributed by atoms with Gasteiger partial charge in [-0.1, -0.05) is 24.3 Å². The van der Waals surface area contributed by atoms with Crippen LogP contribution in [0.3, 0.4) is 0 Å². The van der Waals surface area contributed by atoms with Crippen molar-refractivity contribution in [2.24, 2.45) is 5.92 Å². The Bertz CT molecular complexity index is 917. The van der Waals surface area contributed by atoms with Crippen LogP contribution in [0.25, 0.3) is 0 Å². The zero-order valence-electron chi connectivity index (χ0n) is 15.6. The van der Waals surface area contributed by atoms with Crippen LogP contribution in [0, 0.1) is 23.0 Å². The molecule has 0 saturated carbocycles. The van der Waals surface area contributed by atoms with Gasteiger partial charge in [0.25, 0.3) is 11.6 Å². The summed E-state index contributed by atoms with van der Waals surface area (Å²) in [6.07, 6.45) is 2.12. The van der Waals surface area contributed by atoms with Gasteiger partial charge in [-0.2, -0.15) is 0 Å². The van der Waals surface area contributed by atoms with E-state index < -0.39 is 10.9 Å². The van der Waals surface area contributed by atoms with Gasteiger partial charge in [-0.05, 0) is 55.4 Å². The molecule has 1 amide bonds. The summed E-state index contributed by atoms with van der Waals surface area (Å²) in [5, 5.41) is 20.6. The van der Waals surface area contributed by atoms with Gasteiger partial charge in [0.2, 0.25) is 0 Å². The van der Waals surface area contributed by atoms with Crippen LogP contribution in [-0.2, 0) is 6.42 Å². The number of likely N-dealkylation sites (tertiary alicyclic amines) is 1. The Kier molecular flexibility index (Phi) is 5.73. The summed E-state index contributed by atoms with van der Waals surface area (Å²) in [5.41, 5.74) is 1.87. The smallest absolute Gasteiger partial charge is 0.335 e. The number of hydrogen-bond acceptors (Lipinski definition) is 4. The Morgan fingerprint density at radius 1 is 1.14 bits per heavy atom. The topological polar surface area (TPSA) is 101 Å². The minimum absolute atomic E-state index is 0.125.